The van der Waals surface area contributed by atoms with Crippen molar-refractivity contribution in [2.45, 2.75) is 45.4 Å². The van der Waals surface area contributed by atoms with Crippen LogP contribution >= 0.6 is 0 Å². The highest BCUT2D eigenvalue weighted by molar-refractivity contribution is 6.01. The molecule has 6 nitrogen and oxygen atoms in total. The number of nitrogens with one attached hydrogen (secondary N) is 1. The van der Waals surface area contributed by atoms with Crippen molar-refractivity contribution in [2.75, 3.05) is 12.8 Å². The third kappa shape index (κ3) is 6.02. The first-order chi connectivity index (χ1) is 13.5. The van der Waals surface area contributed by atoms with E-state index in [1.165, 1.54) is 19.2 Å². The zero-order chi connectivity index (χ0) is 21.8. The van der Waals surface area contributed by atoms with Crippen molar-refractivity contribution in [1.82, 2.24) is 5.32 Å². The van der Waals surface area contributed by atoms with Crippen molar-refractivity contribution in [3.8, 4) is 11.1 Å². The summed E-state index contributed by atoms with van der Waals surface area (Å²) in [4.78, 5) is 24.9. The Labute approximate surface area is 170 Å². The number of esters is 1. The van der Waals surface area contributed by atoms with E-state index >= 15 is 0 Å². The number of hydrogen-bond donors (Lipinski definition) is 2. The number of hydrogen-bond acceptors (Lipinski definition) is 5. The van der Waals surface area contributed by atoms with E-state index in [1.54, 1.807) is 37.3 Å². The summed E-state index contributed by atoms with van der Waals surface area (Å²) in [5.74, 6) is -1.47. The topological polar surface area (TPSA) is 90.7 Å². The van der Waals surface area contributed by atoms with Crippen LogP contribution in [-0.4, -0.2) is 36.7 Å². The van der Waals surface area contributed by atoms with Gasteiger partial charge < -0.3 is 20.5 Å². The molecular formula is C22H27FN2O4. The van der Waals surface area contributed by atoms with Crippen LogP contribution in [-0.2, 0) is 14.3 Å². The quantitative estimate of drug-likeness (QED) is 0.570. The van der Waals surface area contributed by atoms with E-state index in [4.69, 9.17) is 15.2 Å². The van der Waals surface area contributed by atoms with Gasteiger partial charge in [-0.15, -0.1) is 0 Å². The number of nitrogen functional groups attached to an aromatic ring is 1. The van der Waals surface area contributed by atoms with Gasteiger partial charge >= 0.3 is 5.97 Å². The molecule has 0 bridgehead atoms. The van der Waals surface area contributed by atoms with E-state index < -0.39 is 29.6 Å². The minimum Gasteiger partial charge on any atom is -0.467 e. The minimum absolute atomic E-state index is 0.215. The fraction of sp³-hybridized carbons (Fsp3) is 0.364. The van der Waals surface area contributed by atoms with Crippen molar-refractivity contribution in [2.24, 2.45) is 0 Å². The van der Waals surface area contributed by atoms with Crippen molar-refractivity contribution in [3.63, 3.8) is 0 Å². The number of halogens is 1. The maximum atomic E-state index is 13.1. The maximum absolute atomic E-state index is 13.1. The Hall–Kier alpha value is -2.93. The number of methoxy groups -OCH3 is 1. The molecule has 29 heavy (non-hydrogen) atoms. The third-order valence-corrected chi connectivity index (χ3v) is 4.22. The molecule has 2 aromatic carbocycles. The van der Waals surface area contributed by atoms with Gasteiger partial charge in [0, 0.05) is 5.69 Å². The van der Waals surface area contributed by atoms with E-state index in [-0.39, 0.29) is 17.1 Å². The van der Waals surface area contributed by atoms with Gasteiger partial charge in [0.2, 0.25) is 0 Å². The molecule has 0 aliphatic carbocycles. The van der Waals surface area contributed by atoms with Crippen molar-refractivity contribution in [1.29, 1.82) is 0 Å². The summed E-state index contributed by atoms with van der Waals surface area (Å²) in [6.07, 6.45) is -0.619. The standard InChI is InChI=1S/C22H27FN2O4/c1-13(29-22(2,3)4)19(21(27)28-5)25-20(26)17-11-8-15(12-18(17)24)14-6-9-16(23)10-7-14/h6-13,19H,24H2,1-5H3,(H,25,26)/t13?,19-/m0/s1. The molecule has 7 heteroatoms. The minimum atomic E-state index is -0.997. The number of carbonyl (C=O) groups excluding carboxylic acids is 2. The number of ether oxygens (including phenoxy) is 2. The molecule has 0 radical (unpaired) electrons. The van der Waals surface area contributed by atoms with Crippen LogP contribution in [0.25, 0.3) is 11.1 Å². The molecule has 0 fully saturated rings. The lowest BCUT2D eigenvalue weighted by atomic mass is 10.0. The zero-order valence-electron chi connectivity index (χ0n) is 17.3. The Kier molecular flexibility index (Phi) is 6.97. The molecule has 2 rings (SSSR count). The number of amides is 1. The van der Waals surface area contributed by atoms with E-state index in [9.17, 15) is 14.0 Å². The predicted molar refractivity (Wildman–Crippen MR) is 110 cm³/mol. The summed E-state index contributed by atoms with van der Waals surface area (Å²) in [6, 6.07) is 9.86. The number of carbonyl (C=O) groups is 2. The van der Waals surface area contributed by atoms with Crippen LogP contribution in [0.3, 0.4) is 0 Å². The van der Waals surface area contributed by atoms with E-state index in [0.29, 0.717) is 0 Å². The highest BCUT2D eigenvalue weighted by Crippen LogP contribution is 2.24. The lowest BCUT2D eigenvalue weighted by Gasteiger charge is -2.30. The van der Waals surface area contributed by atoms with Crippen LogP contribution in [0.5, 0.6) is 0 Å². The van der Waals surface area contributed by atoms with Gasteiger partial charge in [0.25, 0.3) is 5.91 Å². The Bertz CT molecular complexity index is 875. The molecule has 1 unspecified atom stereocenters. The Morgan fingerprint density at radius 1 is 1.07 bits per heavy atom. The highest BCUT2D eigenvalue weighted by atomic mass is 19.1. The van der Waals surface area contributed by atoms with Gasteiger partial charge in [0.15, 0.2) is 6.04 Å². The molecule has 0 saturated carbocycles. The van der Waals surface area contributed by atoms with Gasteiger partial charge in [-0.2, -0.15) is 0 Å². The van der Waals surface area contributed by atoms with E-state index in [0.717, 1.165) is 11.1 Å². The van der Waals surface area contributed by atoms with Gasteiger partial charge in [-0.05, 0) is 63.1 Å². The fourth-order valence-corrected chi connectivity index (χ4v) is 2.93. The van der Waals surface area contributed by atoms with Gasteiger partial charge in [-0.1, -0.05) is 18.2 Å². The molecule has 156 valence electrons. The molecule has 1 amide bonds. The zero-order valence-corrected chi connectivity index (χ0v) is 17.3. The SMILES string of the molecule is COC(=O)[C@@H](NC(=O)c1ccc(-c2ccc(F)cc2)cc1N)C(C)OC(C)(C)C. The van der Waals surface area contributed by atoms with E-state index in [2.05, 4.69) is 5.32 Å². The van der Waals surface area contributed by atoms with Crippen LogP contribution in [0.2, 0.25) is 0 Å². The van der Waals surface area contributed by atoms with Crippen molar-refractivity contribution in [3.05, 3.63) is 53.8 Å². The molecule has 0 spiro atoms. The third-order valence-electron chi connectivity index (χ3n) is 4.22. The smallest absolute Gasteiger partial charge is 0.331 e. The first kappa shape index (κ1) is 22.4. The van der Waals surface area contributed by atoms with Crippen LogP contribution in [0.4, 0.5) is 10.1 Å². The average molecular weight is 402 g/mol. The first-order valence-corrected chi connectivity index (χ1v) is 9.24. The van der Waals surface area contributed by atoms with Crippen LogP contribution in [0.15, 0.2) is 42.5 Å². The lowest BCUT2D eigenvalue weighted by molar-refractivity contribution is -0.150. The summed E-state index contributed by atoms with van der Waals surface area (Å²) in [6.45, 7) is 7.25. The Balaban J connectivity index is 2.23. The second kappa shape index (κ2) is 9.05. The second-order valence-electron chi connectivity index (χ2n) is 7.72. The highest BCUT2D eigenvalue weighted by Gasteiger charge is 2.32. The van der Waals surface area contributed by atoms with Crippen LogP contribution in [0, 0.1) is 5.82 Å². The normalized spacial score (nSPS) is 13.4. The van der Waals surface area contributed by atoms with Gasteiger partial charge in [-0.3, -0.25) is 4.79 Å². The summed E-state index contributed by atoms with van der Waals surface area (Å²) in [5, 5.41) is 2.65. The molecule has 0 aliphatic rings. The number of benzene rings is 2. The number of nitrogens with two attached hydrogens (primary N) is 1. The maximum Gasteiger partial charge on any atom is 0.331 e. The summed E-state index contributed by atoms with van der Waals surface area (Å²) in [7, 11) is 1.25. The van der Waals surface area contributed by atoms with Crippen LogP contribution < -0.4 is 11.1 Å². The summed E-state index contributed by atoms with van der Waals surface area (Å²) >= 11 is 0. The lowest BCUT2D eigenvalue weighted by Crippen LogP contribution is -2.51. The fourth-order valence-electron chi connectivity index (χ4n) is 2.93. The van der Waals surface area contributed by atoms with Gasteiger partial charge in [-0.25, -0.2) is 9.18 Å². The monoisotopic (exact) mass is 402 g/mol. The molecule has 0 saturated heterocycles. The largest absolute Gasteiger partial charge is 0.467 e. The number of rotatable bonds is 6. The molecule has 2 aromatic rings. The summed E-state index contributed by atoms with van der Waals surface area (Å²) < 4.78 is 23.7. The van der Waals surface area contributed by atoms with Crippen LogP contribution in [0.1, 0.15) is 38.1 Å². The first-order valence-electron chi connectivity index (χ1n) is 9.24. The molecule has 0 aliphatic heterocycles. The summed E-state index contributed by atoms with van der Waals surface area (Å²) in [5.41, 5.74) is 7.52. The molecule has 0 aromatic heterocycles. The van der Waals surface area contributed by atoms with Gasteiger partial charge in [0.1, 0.15) is 5.82 Å². The predicted octanol–water partition coefficient (Wildman–Crippen LogP) is 3.55. The van der Waals surface area contributed by atoms with Crippen molar-refractivity contribution < 1.29 is 23.5 Å². The van der Waals surface area contributed by atoms with Gasteiger partial charge in [0.05, 0.1) is 24.4 Å². The van der Waals surface area contributed by atoms with E-state index in [1.807, 2.05) is 20.8 Å². The molecule has 2 atom stereocenters. The Morgan fingerprint density at radius 3 is 2.17 bits per heavy atom. The molecule has 0 heterocycles. The molecule has 3 N–H and O–H groups in total. The molecular weight excluding hydrogens is 375 g/mol. The number of anilines is 1. The Morgan fingerprint density at radius 2 is 1.66 bits per heavy atom. The van der Waals surface area contributed by atoms with Crippen molar-refractivity contribution >= 4 is 17.6 Å². The second-order valence-corrected chi connectivity index (χ2v) is 7.72. The average Bonchev–Trinajstić information content (AvgIpc) is 2.64.